The number of nitrogens with one attached hydrogen (secondary N) is 3. The molecule has 3 rings (SSSR count). The number of rotatable bonds is 8. The fourth-order valence-electron chi connectivity index (χ4n) is 3.00. The van der Waals surface area contributed by atoms with Crippen LogP contribution in [0.2, 0.25) is 10.0 Å². The summed E-state index contributed by atoms with van der Waals surface area (Å²) in [6.07, 6.45) is 3.27. The maximum absolute atomic E-state index is 12.9. The van der Waals surface area contributed by atoms with Gasteiger partial charge >= 0.3 is 5.97 Å². The van der Waals surface area contributed by atoms with Crippen LogP contribution in [0.5, 0.6) is 0 Å². The Morgan fingerprint density at radius 1 is 1.23 bits per heavy atom. The number of carbonyl (C=O) groups excluding carboxylic acids is 2. The molecule has 1 atom stereocenters. The van der Waals surface area contributed by atoms with Crippen molar-refractivity contribution in [1.82, 2.24) is 15.3 Å². The highest BCUT2D eigenvalue weighted by molar-refractivity contribution is 6.33. The monoisotopic (exact) mass is 460 g/mol. The van der Waals surface area contributed by atoms with Crippen molar-refractivity contribution >= 4 is 40.9 Å². The van der Waals surface area contributed by atoms with Crippen LogP contribution in [0.15, 0.2) is 48.8 Å². The quantitative estimate of drug-likeness (QED) is 0.417. The van der Waals surface area contributed by atoms with E-state index < -0.39 is 12.0 Å². The second-order valence-electron chi connectivity index (χ2n) is 6.77. The Kier molecular flexibility index (Phi) is 7.55. The normalized spacial score (nSPS) is 11.6. The highest BCUT2D eigenvalue weighted by atomic mass is 35.5. The summed E-state index contributed by atoms with van der Waals surface area (Å²) in [5, 5.41) is 7.01. The Morgan fingerprint density at radius 3 is 2.74 bits per heavy atom. The summed E-state index contributed by atoms with van der Waals surface area (Å²) < 4.78 is 5.12. The molecule has 1 amide bonds. The van der Waals surface area contributed by atoms with Crippen LogP contribution < -0.4 is 10.6 Å². The van der Waals surface area contributed by atoms with Gasteiger partial charge in [0.05, 0.1) is 11.1 Å². The predicted molar refractivity (Wildman–Crippen MR) is 121 cm³/mol. The lowest BCUT2D eigenvalue weighted by molar-refractivity contribution is -0.141. The molecule has 7 nitrogen and oxygen atoms in total. The average molecular weight is 461 g/mol. The smallest absolute Gasteiger partial charge is 0.302 e. The molecule has 0 fully saturated rings. The number of amides is 1. The minimum absolute atomic E-state index is 0.0167. The van der Waals surface area contributed by atoms with Crippen molar-refractivity contribution in [3.8, 4) is 11.1 Å². The first kappa shape index (κ1) is 22.7. The molecular weight excluding hydrogens is 439 g/mol. The lowest BCUT2D eigenvalue weighted by atomic mass is 10.1. The third-order valence-corrected chi connectivity index (χ3v) is 5.00. The summed E-state index contributed by atoms with van der Waals surface area (Å²) in [5.41, 5.74) is 2.55. The molecule has 0 aliphatic rings. The zero-order valence-electron chi connectivity index (χ0n) is 17.0. The van der Waals surface area contributed by atoms with E-state index in [9.17, 15) is 9.59 Å². The standard InChI is InChI=1S/C22H22Cl2N4O3/c1-3-25-21-9-17(18(24)11-27-21)15-8-19(26-10-15)22(30)28-20(12-31-13(2)29)14-5-4-6-16(23)7-14/h4-11,20,26H,3,12H2,1-2H3,(H,25,27)(H,28,30). The lowest BCUT2D eigenvalue weighted by Gasteiger charge is -2.19. The first-order valence-electron chi connectivity index (χ1n) is 9.65. The number of halogens is 2. The van der Waals surface area contributed by atoms with E-state index in [1.807, 2.05) is 13.0 Å². The number of H-pyrrole nitrogens is 1. The molecule has 9 heteroatoms. The molecule has 0 radical (unpaired) electrons. The van der Waals surface area contributed by atoms with Crippen LogP contribution in [0.4, 0.5) is 5.82 Å². The number of hydrogen-bond donors (Lipinski definition) is 3. The average Bonchev–Trinajstić information content (AvgIpc) is 3.22. The van der Waals surface area contributed by atoms with Gasteiger partial charge in [0.2, 0.25) is 0 Å². The molecule has 1 unspecified atom stereocenters. The van der Waals surface area contributed by atoms with E-state index in [2.05, 4.69) is 20.6 Å². The van der Waals surface area contributed by atoms with E-state index in [0.717, 1.165) is 23.2 Å². The summed E-state index contributed by atoms with van der Waals surface area (Å²) >= 11 is 12.4. The molecule has 0 spiro atoms. The fourth-order valence-corrected chi connectivity index (χ4v) is 3.41. The number of benzene rings is 1. The van der Waals surface area contributed by atoms with E-state index >= 15 is 0 Å². The molecule has 0 bridgehead atoms. The van der Waals surface area contributed by atoms with Gasteiger partial charge in [-0.25, -0.2) is 4.98 Å². The Labute approximate surface area is 190 Å². The number of ether oxygens (including phenoxy) is 1. The second kappa shape index (κ2) is 10.3. The molecular formula is C22H22Cl2N4O3. The Balaban J connectivity index is 1.81. The first-order valence-corrected chi connectivity index (χ1v) is 10.4. The van der Waals surface area contributed by atoms with Crippen LogP contribution in [0, 0.1) is 0 Å². The van der Waals surface area contributed by atoms with E-state index in [0.29, 0.717) is 21.6 Å². The van der Waals surface area contributed by atoms with Gasteiger partial charge in [-0.2, -0.15) is 0 Å². The van der Waals surface area contributed by atoms with Gasteiger partial charge in [0.15, 0.2) is 0 Å². The second-order valence-corrected chi connectivity index (χ2v) is 7.61. The predicted octanol–water partition coefficient (Wildman–Crippen LogP) is 4.85. The number of anilines is 1. The van der Waals surface area contributed by atoms with Gasteiger partial charge in [0.25, 0.3) is 5.91 Å². The molecule has 31 heavy (non-hydrogen) atoms. The summed E-state index contributed by atoms with van der Waals surface area (Å²) in [6, 6.07) is 9.98. The molecule has 2 aromatic heterocycles. The van der Waals surface area contributed by atoms with Crippen molar-refractivity contribution in [2.45, 2.75) is 19.9 Å². The van der Waals surface area contributed by atoms with Crippen LogP contribution in [0.25, 0.3) is 11.1 Å². The van der Waals surface area contributed by atoms with Crippen molar-refractivity contribution < 1.29 is 14.3 Å². The molecule has 3 aromatic rings. The summed E-state index contributed by atoms with van der Waals surface area (Å²) in [5.74, 6) is -0.107. The molecule has 2 heterocycles. The van der Waals surface area contributed by atoms with Gasteiger partial charge in [-0.05, 0) is 36.8 Å². The zero-order chi connectivity index (χ0) is 22.4. The number of aromatic nitrogens is 2. The van der Waals surface area contributed by atoms with Crippen molar-refractivity contribution in [1.29, 1.82) is 0 Å². The maximum Gasteiger partial charge on any atom is 0.302 e. The van der Waals surface area contributed by atoms with Crippen molar-refractivity contribution in [3.63, 3.8) is 0 Å². The lowest BCUT2D eigenvalue weighted by Crippen LogP contribution is -2.32. The highest BCUT2D eigenvalue weighted by Gasteiger charge is 2.19. The third-order valence-electron chi connectivity index (χ3n) is 4.46. The van der Waals surface area contributed by atoms with Gasteiger partial charge in [0, 0.05) is 42.0 Å². The number of nitrogens with zero attached hydrogens (tertiary/aromatic N) is 1. The number of aromatic amines is 1. The minimum Gasteiger partial charge on any atom is -0.463 e. The Morgan fingerprint density at radius 2 is 2.03 bits per heavy atom. The SMILES string of the molecule is CCNc1cc(-c2c[nH]c(C(=O)NC(COC(C)=O)c3cccc(Cl)c3)c2)c(Cl)cn1. The molecule has 0 aliphatic carbocycles. The van der Waals surface area contributed by atoms with E-state index in [4.69, 9.17) is 27.9 Å². The third kappa shape index (κ3) is 5.99. The first-order chi connectivity index (χ1) is 14.9. The van der Waals surface area contributed by atoms with Crippen molar-refractivity contribution in [2.75, 3.05) is 18.5 Å². The number of pyridine rings is 1. The van der Waals surface area contributed by atoms with Gasteiger partial charge in [-0.15, -0.1) is 0 Å². The van der Waals surface area contributed by atoms with Crippen LogP contribution in [-0.4, -0.2) is 35.0 Å². The van der Waals surface area contributed by atoms with E-state index in [1.165, 1.54) is 6.92 Å². The molecule has 0 saturated heterocycles. The van der Waals surface area contributed by atoms with Crippen LogP contribution in [-0.2, 0) is 9.53 Å². The zero-order valence-corrected chi connectivity index (χ0v) is 18.6. The number of carbonyl (C=O) groups is 2. The number of hydrogen-bond acceptors (Lipinski definition) is 5. The number of esters is 1. The van der Waals surface area contributed by atoms with Gasteiger partial charge < -0.3 is 20.4 Å². The molecule has 1 aromatic carbocycles. The summed E-state index contributed by atoms with van der Waals surface area (Å²) in [6.45, 7) is 3.99. The Hall–Kier alpha value is -3.03. The van der Waals surface area contributed by atoms with Crippen LogP contribution in [0.1, 0.15) is 35.9 Å². The van der Waals surface area contributed by atoms with E-state index in [-0.39, 0.29) is 12.5 Å². The van der Waals surface area contributed by atoms with Crippen molar-refractivity contribution in [2.24, 2.45) is 0 Å². The van der Waals surface area contributed by atoms with Gasteiger partial charge in [-0.1, -0.05) is 35.3 Å². The maximum atomic E-state index is 12.9. The highest BCUT2D eigenvalue weighted by Crippen LogP contribution is 2.30. The van der Waals surface area contributed by atoms with Crippen molar-refractivity contribution in [3.05, 3.63) is 70.1 Å². The summed E-state index contributed by atoms with van der Waals surface area (Å²) in [4.78, 5) is 31.4. The summed E-state index contributed by atoms with van der Waals surface area (Å²) in [7, 11) is 0. The van der Waals surface area contributed by atoms with Gasteiger partial charge in [0.1, 0.15) is 18.1 Å². The van der Waals surface area contributed by atoms with Crippen LogP contribution in [0.3, 0.4) is 0 Å². The molecule has 0 aliphatic heterocycles. The minimum atomic E-state index is -0.563. The van der Waals surface area contributed by atoms with E-state index in [1.54, 1.807) is 42.7 Å². The molecule has 0 saturated carbocycles. The molecule has 3 N–H and O–H groups in total. The molecule has 162 valence electrons. The topological polar surface area (TPSA) is 96.1 Å². The van der Waals surface area contributed by atoms with Crippen LogP contribution >= 0.6 is 23.2 Å². The van der Waals surface area contributed by atoms with Gasteiger partial charge in [-0.3, -0.25) is 9.59 Å². The largest absolute Gasteiger partial charge is 0.463 e. The Bertz CT molecular complexity index is 1080. The fraction of sp³-hybridized carbons (Fsp3) is 0.227.